The van der Waals surface area contributed by atoms with E-state index in [4.69, 9.17) is 23.2 Å². The van der Waals surface area contributed by atoms with Gasteiger partial charge in [0.25, 0.3) is 0 Å². The fourth-order valence-electron chi connectivity index (χ4n) is 7.78. The fourth-order valence-corrected chi connectivity index (χ4v) is 8.30. The standard InChI is InChI=1S/C35H56Cl2N4O2/c1-33(2,3)32(43)41(24-13-16-35(7,8)17-14-24)26-20-25(21-38(9)10)39(22-26)31(42)28-15-18-40(34(4,5)6)30(28)27-12-11-23(36)19-29(27)37/h11-12,19,24-26,28,30H,13-18,20-22H2,1-10H3/t25-,26-,28-,30?/m0/s1. The van der Waals surface area contributed by atoms with E-state index in [1.54, 1.807) is 6.07 Å². The van der Waals surface area contributed by atoms with Crippen LogP contribution in [-0.4, -0.2) is 88.8 Å². The maximum atomic E-state index is 14.8. The maximum absolute atomic E-state index is 14.8. The van der Waals surface area contributed by atoms with Crippen LogP contribution in [0.25, 0.3) is 0 Å². The molecule has 0 bridgehead atoms. The molecule has 1 unspecified atom stereocenters. The Kier molecular flexibility index (Phi) is 10.3. The van der Waals surface area contributed by atoms with E-state index in [9.17, 15) is 9.59 Å². The molecule has 6 nitrogen and oxygen atoms in total. The Bertz CT molecular complexity index is 1160. The molecular formula is C35H56Cl2N4O2. The Balaban J connectivity index is 1.68. The molecule has 2 saturated heterocycles. The third kappa shape index (κ3) is 7.73. The average molecular weight is 636 g/mol. The zero-order valence-corrected chi connectivity index (χ0v) is 29.9. The van der Waals surface area contributed by atoms with E-state index in [-0.39, 0.29) is 47.4 Å². The number of rotatable bonds is 6. The lowest BCUT2D eigenvalue weighted by Gasteiger charge is -2.45. The summed E-state index contributed by atoms with van der Waals surface area (Å²) >= 11 is 13.1. The molecule has 1 aliphatic carbocycles. The number of halogens is 2. The van der Waals surface area contributed by atoms with Gasteiger partial charge < -0.3 is 14.7 Å². The lowest BCUT2D eigenvalue weighted by Crippen LogP contribution is -2.54. The highest BCUT2D eigenvalue weighted by Crippen LogP contribution is 2.46. The first-order valence-corrected chi connectivity index (χ1v) is 17.1. The zero-order chi connectivity index (χ0) is 32.1. The molecule has 4 rings (SSSR count). The molecule has 0 spiro atoms. The van der Waals surface area contributed by atoms with Crippen LogP contribution in [-0.2, 0) is 9.59 Å². The molecule has 1 aromatic rings. The van der Waals surface area contributed by atoms with Crippen LogP contribution in [0.1, 0.15) is 106 Å². The Labute approximate surface area is 271 Å². The number of carbonyl (C=O) groups excluding carboxylic acids is 2. The van der Waals surface area contributed by atoms with E-state index >= 15 is 0 Å². The minimum Gasteiger partial charge on any atom is -0.336 e. The molecule has 0 radical (unpaired) electrons. The SMILES string of the molecule is CN(C)C[C@@H]1C[C@H](N(C(=O)C(C)(C)C)C2CCC(C)(C)CC2)CN1C(=O)[C@H]1CCN(C(C)(C)C)C1c1ccc(Cl)cc1Cl. The number of hydrogen-bond donors (Lipinski definition) is 0. The van der Waals surface area contributed by atoms with Crippen LogP contribution in [0, 0.1) is 16.7 Å². The van der Waals surface area contributed by atoms with Gasteiger partial charge in [0.15, 0.2) is 0 Å². The number of likely N-dealkylation sites (N-methyl/N-ethyl adjacent to an activating group) is 1. The van der Waals surface area contributed by atoms with Crippen molar-refractivity contribution in [1.82, 2.24) is 19.6 Å². The summed E-state index contributed by atoms with van der Waals surface area (Å²) in [7, 11) is 4.15. The highest BCUT2D eigenvalue weighted by atomic mass is 35.5. The number of carbonyl (C=O) groups is 2. The summed E-state index contributed by atoms with van der Waals surface area (Å²) in [6.07, 6.45) is 5.88. The summed E-state index contributed by atoms with van der Waals surface area (Å²) in [6.45, 7) is 19.6. The minimum absolute atomic E-state index is 0.0181. The first-order chi connectivity index (χ1) is 19.8. The molecule has 1 saturated carbocycles. The molecule has 2 aliphatic heterocycles. The Morgan fingerprint density at radius 1 is 0.977 bits per heavy atom. The van der Waals surface area contributed by atoms with Gasteiger partial charge in [-0.3, -0.25) is 14.5 Å². The lowest BCUT2D eigenvalue weighted by atomic mass is 9.74. The van der Waals surface area contributed by atoms with Crippen molar-refractivity contribution in [1.29, 1.82) is 0 Å². The predicted molar refractivity (Wildman–Crippen MR) is 179 cm³/mol. The second-order valence-corrected chi connectivity index (χ2v) is 17.4. The quantitative estimate of drug-likeness (QED) is 0.324. The predicted octanol–water partition coefficient (Wildman–Crippen LogP) is 7.53. The number of benzene rings is 1. The van der Waals surface area contributed by atoms with Crippen LogP contribution < -0.4 is 0 Å². The summed E-state index contributed by atoms with van der Waals surface area (Å²) < 4.78 is 0. The van der Waals surface area contributed by atoms with Crippen molar-refractivity contribution in [2.24, 2.45) is 16.7 Å². The second kappa shape index (κ2) is 12.8. The lowest BCUT2D eigenvalue weighted by molar-refractivity contribution is -0.147. The van der Waals surface area contributed by atoms with Crippen LogP contribution in [0.4, 0.5) is 0 Å². The first-order valence-electron chi connectivity index (χ1n) is 16.3. The van der Waals surface area contributed by atoms with E-state index in [2.05, 4.69) is 68.3 Å². The largest absolute Gasteiger partial charge is 0.336 e. The normalized spacial score (nSPS) is 27.2. The van der Waals surface area contributed by atoms with Gasteiger partial charge in [-0.1, -0.05) is 63.9 Å². The monoisotopic (exact) mass is 634 g/mol. The summed E-state index contributed by atoms with van der Waals surface area (Å²) in [5, 5.41) is 1.21. The third-order valence-corrected chi connectivity index (χ3v) is 10.6. The van der Waals surface area contributed by atoms with Crippen LogP contribution in [0.5, 0.6) is 0 Å². The van der Waals surface area contributed by atoms with Crippen molar-refractivity contribution < 1.29 is 9.59 Å². The van der Waals surface area contributed by atoms with Gasteiger partial charge in [0.2, 0.25) is 11.8 Å². The molecule has 4 atom stereocenters. The second-order valence-electron chi connectivity index (χ2n) is 16.5. The topological polar surface area (TPSA) is 47.1 Å². The third-order valence-electron chi connectivity index (χ3n) is 10.1. The van der Waals surface area contributed by atoms with Crippen molar-refractivity contribution in [3.63, 3.8) is 0 Å². The maximum Gasteiger partial charge on any atom is 0.228 e. The smallest absolute Gasteiger partial charge is 0.228 e. The van der Waals surface area contributed by atoms with Gasteiger partial charge in [-0.2, -0.15) is 0 Å². The van der Waals surface area contributed by atoms with Crippen molar-refractivity contribution in [2.75, 3.05) is 33.7 Å². The molecule has 0 N–H and O–H groups in total. The summed E-state index contributed by atoms with van der Waals surface area (Å²) in [6, 6.07) is 5.83. The summed E-state index contributed by atoms with van der Waals surface area (Å²) in [5.74, 6) is 0.180. The van der Waals surface area contributed by atoms with E-state index in [0.29, 0.717) is 22.0 Å². The number of likely N-dealkylation sites (tertiary alicyclic amines) is 2. The van der Waals surface area contributed by atoms with Crippen LogP contribution in [0.2, 0.25) is 10.0 Å². The van der Waals surface area contributed by atoms with Crippen molar-refractivity contribution in [3.8, 4) is 0 Å². The van der Waals surface area contributed by atoms with Gasteiger partial charge >= 0.3 is 0 Å². The van der Waals surface area contributed by atoms with Crippen molar-refractivity contribution in [2.45, 2.75) is 124 Å². The van der Waals surface area contributed by atoms with Crippen molar-refractivity contribution >= 4 is 35.0 Å². The first kappa shape index (κ1) is 34.5. The van der Waals surface area contributed by atoms with Crippen LogP contribution >= 0.6 is 23.2 Å². The Hall–Kier alpha value is -1.34. The number of amides is 2. The fraction of sp³-hybridized carbons (Fsp3) is 0.771. The zero-order valence-electron chi connectivity index (χ0n) is 28.3. The highest BCUT2D eigenvalue weighted by Gasteiger charge is 2.50. The molecule has 3 aliphatic rings. The molecule has 1 aromatic carbocycles. The van der Waals surface area contributed by atoms with Gasteiger partial charge in [0.1, 0.15) is 0 Å². The molecule has 2 amide bonds. The van der Waals surface area contributed by atoms with E-state index in [1.165, 1.54) is 0 Å². The molecule has 242 valence electrons. The van der Waals surface area contributed by atoms with E-state index < -0.39 is 5.41 Å². The Morgan fingerprint density at radius 3 is 2.14 bits per heavy atom. The average Bonchev–Trinajstić information content (AvgIpc) is 3.49. The molecule has 0 aromatic heterocycles. The van der Waals surface area contributed by atoms with Gasteiger partial charge in [-0.15, -0.1) is 0 Å². The summed E-state index contributed by atoms with van der Waals surface area (Å²) in [5.41, 5.74) is 0.670. The number of hydrogen-bond acceptors (Lipinski definition) is 4. The van der Waals surface area contributed by atoms with Crippen LogP contribution in [0.3, 0.4) is 0 Å². The molecule has 43 heavy (non-hydrogen) atoms. The van der Waals surface area contributed by atoms with Crippen molar-refractivity contribution in [3.05, 3.63) is 33.8 Å². The molecule has 2 heterocycles. The number of nitrogens with zero attached hydrogens (tertiary/aromatic N) is 4. The van der Waals surface area contributed by atoms with Gasteiger partial charge in [0.05, 0.1) is 12.0 Å². The molecular weight excluding hydrogens is 579 g/mol. The van der Waals surface area contributed by atoms with E-state index in [1.807, 2.05) is 32.9 Å². The Morgan fingerprint density at radius 2 is 1.60 bits per heavy atom. The van der Waals surface area contributed by atoms with Gasteiger partial charge in [0, 0.05) is 58.8 Å². The van der Waals surface area contributed by atoms with Crippen LogP contribution in [0.15, 0.2) is 18.2 Å². The van der Waals surface area contributed by atoms with E-state index in [0.717, 1.165) is 57.2 Å². The van der Waals surface area contributed by atoms with Gasteiger partial charge in [-0.05, 0) is 96.5 Å². The van der Waals surface area contributed by atoms with Gasteiger partial charge in [-0.25, -0.2) is 0 Å². The summed E-state index contributed by atoms with van der Waals surface area (Å²) in [4.78, 5) is 37.9. The molecule has 8 heteroatoms. The highest BCUT2D eigenvalue weighted by molar-refractivity contribution is 6.35. The minimum atomic E-state index is -0.476. The molecule has 3 fully saturated rings.